The van der Waals surface area contributed by atoms with Crippen molar-refractivity contribution in [2.24, 2.45) is 4.99 Å². The molecule has 2 heterocycles. The summed E-state index contributed by atoms with van der Waals surface area (Å²) in [7, 11) is 0. The maximum absolute atomic E-state index is 12.5. The molecule has 2 aromatic carbocycles. The Morgan fingerprint density at radius 3 is 2.62 bits per heavy atom. The van der Waals surface area contributed by atoms with Crippen molar-refractivity contribution in [2.75, 3.05) is 25.0 Å². The lowest BCUT2D eigenvalue weighted by molar-refractivity contribution is -0.119. The van der Waals surface area contributed by atoms with Gasteiger partial charge in [-0.1, -0.05) is 45.7 Å². The van der Waals surface area contributed by atoms with Gasteiger partial charge in [-0.25, -0.2) is 0 Å². The third-order valence-corrected chi connectivity index (χ3v) is 5.93. The molecule has 0 saturated carbocycles. The second-order valence-electron chi connectivity index (χ2n) is 7.29. The number of amides is 2. The van der Waals surface area contributed by atoms with Gasteiger partial charge in [0.1, 0.15) is 11.4 Å². The second-order valence-corrected chi connectivity index (χ2v) is 8.64. The summed E-state index contributed by atoms with van der Waals surface area (Å²) in [5.74, 6) is -0.225. The number of hydrogen-bond donors (Lipinski definition) is 2. The van der Waals surface area contributed by atoms with E-state index in [0.717, 1.165) is 10.0 Å². The van der Waals surface area contributed by atoms with Crippen LogP contribution in [0.25, 0.3) is 0 Å². The quantitative estimate of drug-likeness (QED) is 0.711. The molecule has 0 unspecified atom stereocenters. The zero-order valence-corrected chi connectivity index (χ0v) is 18.0. The molecule has 4 rings (SSSR count). The highest BCUT2D eigenvalue weighted by Crippen LogP contribution is 2.29. The van der Waals surface area contributed by atoms with Crippen molar-refractivity contribution in [2.45, 2.75) is 18.5 Å². The van der Waals surface area contributed by atoms with E-state index in [-0.39, 0.29) is 11.8 Å². The lowest BCUT2D eigenvalue weighted by Gasteiger charge is -2.36. The van der Waals surface area contributed by atoms with Gasteiger partial charge in [-0.2, -0.15) is 0 Å². The average Bonchev–Trinajstić information content (AvgIpc) is 3.00. The minimum absolute atomic E-state index is 0.0854. The van der Waals surface area contributed by atoms with Crippen LogP contribution in [0.1, 0.15) is 18.4 Å². The Morgan fingerprint density at radius 2 is 1.93 bits per heavy atom. The van der Waals surface area contributed by atoms with E-state index in [4.69, 9.17) is 16.6 Å². The Morgan fingerprint density at radius 1 is 1.21 bits per heavy atom. The molecule has 0 aromatic heterocycles. The molecule has 0 aliphatic carbocycles. The predicted octanol–water partition coefficient (Wildman–Crippen LogP) is 3.45. The van der Waals surface area contributed by atoms with Gasteiger partial charge in [-0.15, -0.1) is 0 Å². The highest BCUT2D eigenvalue weighted by molar-refractivity contribution is 9.10. The fourth-order valence-corrected chi connectivity index (χ4v) is 4.11. The van der Waals surface area contributed by atoms with Crippen molar-refractivity contribution in [3.63, 3.8) is 0 Å². The van der Waals surface area contributed by atoms with Crippen molar-refractivity contribution < 1.29 is 9.59 Å². The topological polar surface area (TPSA) is 73.8 Å². The fourth-order valence-electron chi connectivity index (χ4n) is 3.65. The molecule has 0 radical (unpaired) electrons. The van der Waals surface area contributed by atoms with Gasteiger partial charge in [0.2, 0.25) is 5.91 Å². The minimum atomic E-state index is -0.570. The fraction of sp³-hybridized carbons (Fsp3) is 0.286. The van der Waals surface area contributed by atoms with Crippen LogP contribution >= 0.6 is 27.5 Å². The molecule has 8 heteroatoms. The van der Waals surface area contributed by atoms with E-state index in [9.17, 15) is 9.59 Å². The SMILES string of the molecule is O=C(CN1CCC2(CC1)N=C(c1ccc(Br)cc1)C(=O)N2)Nc1cccc(Cl)c1. The minimum Gasteiger partial charge on any atom is -0.326 e. The number of nitrogens with one attached hydrogen (secondary N) is 2. The molecule has 2 aromatic rings. The molecule has 6 nitrogen and oxygen atoms in total. The third kappa shape index (κ3) is 4.69. The molecule has 2 aliphatic heterocycles. The molecule has 0 bridgehead atoms. The number of rotatable bonds is 4. The number of piperidine rings is 1. The molecule has 150 valence electrons. The summed E-state index contributed by atoms with van der Waals surface area (Å²) < 4.78 is 0.958. The molecule has 0 atom stereocenters. The van der Waals surface area contributed by atoms with Crippen LogP contribution < -0.4 is 10.6 Å². The number of likely N-dealkylation sites (tertiary alicyclic amines) is 1. The maximum Gasteiger partial charge on any atom is 0.272 e. The van der Waals surface area contributed by atoms with E-state index in [1.54, 1.807) is 24.3 Å². The first kappa shape index (κ1) is 20.1. The summed E-state index contributed by atoms with van der Waals surface area (Å²) in [6, 6.07) is 14.7. The van der Waals surface area contributed by atoms with E-state index in [1.807, 2.05) is 24.3 Å². The summed E-state index contributed by atoms with van der Waals surface area (Å²) in [6.45, 7) is 1.65. The zero-order chi connectivity index (χ0) is 20.4. The van der Waals surface area contributed by atoms with Crippen molar-refractivity contribution in [1.82, 2.24) is 10.2 Å². The molecule has 1 fully saturated rings. The Kier molecular flexibility index (Phi) is 5.72. The van der Waals surface area contributed by atoms with Crippen LogP contribution in [0.2, 0.25) is 5.02 Å². The largest absolute Gasteiger partial charge is 0.326 e. The van der Waals surface area contributed by atoms with Gasteiger partial charge >= 0.3 is 0 Å². The Hall–Kier alpha value is -2.22. The molecule has 2 N–H and O–H groups in total. The number of anilines is 1. The van der Waals surface area contributed by atoms with E-state index >= 15 is 0 Å². The van der Waals surface area contributed by atoms with Crippen LogP contribution in [0.4, 0.5) is 5.69 Å². The van der Waals surface area contributed by atoms with Gasteiger partial charge < -0.3 is 10.6 Å². The van der Waals surface area contributed by atoms with E-state index in [0.29, 0.717) is 48.9 Å². The number of halogens is 2. The Labute approximate surface area is 182 Å². The number of nitrogens with zero attached hydrogens (tertiary/aromatic N) is 2. The van der Waals surface area contributed by atoms with Crippen LogP contribution in [-0.4, -0.2) is 47.7 Å². The number of benzene rings is 2. The van der Waals surface area contributed by atoms with Gasteiger partial charge in [0.05, 0.1) is 6.54 Å². The zero-order valence-electron chi connectivity index (χ0n) is 15.6. The molecule has 1 saturated heterocycles. The first-order chi connectivity index (χ1) is 13.9. The van der Waals surface area contributed by atoms with Gasteiger partial charge in [0.15, 0.2) is 0 Å². The number of carbonyl (C=O) groups is 2. The predicted molar refractivity (Wildman–Crippen MR) is 117 cm³/mol. The lowest BCUT2D eigenvalue weighted by atomic mass is 9.98. The summed E-state index contributed by atoms with van der Waals surface area (Å²) in [5.41, 5.74) is 1.40. The number of hydrogen-bond acceptors (Lipinski definition) is 4. The first-order valence-corrected chi connectivity index (χ1v) is 10.6. The average molecular weight is 476 g/mol. The van der Waals surface area contributed by atoms with Gasteiger partial charge in [-0.3, -0.25) is 19.5 Å². The monoisotopic (exact) mass is 474 g/mol. The normalized spacial score (nSPS) is 18.4. The Bertz CT molecular complexity index is 969. The molecular formula is C21H20BrClN4O2. The summed E-state index contributed by atoms with van der Waals surface area (Å²) in [4.78, 5) is 31.6. The van der Waals surface area contributed by atoms with E-state index < -0.39 is 5.66 Å². The van der Waals surface area contributed by atoms with Crippen LogP contribution in [0.5, 0.6) is 0 Å². The molecule has 29 heavy (non-hydrogen) atoms. The first-order valence-electron chi connectivity index (χ1n) is 9.39. The van der Waals surface area contributed by atoms with Crippen LogP contribution in [0.15, 0.2) is 58.0 Å². The van der Waals surface area contributed by atoms with Gasteiger partial charge in [-0.05, 0) is 30.3 Å². The number of aliphatic imine (C=N–C) groups is 1. The van der Waals surface area contributed by atoms with Crippen LogP contribution in [0.3, 0.4) is 0 Å². The molecule has 2 aliphatic rings. The number of carbonyl (C=O) groups excluding carboxylic acids is 2. The highest BCUT2D eigenvalue weighted by atomic mass is 79.9. The van der Waals surface area contributed by atoms with Crippen LogP contribution in [0, 0.1) is 0 Å². The van der Waals surface area contributed by atoms with Crippen molar-refractivity contribution >= 4 is 50.7 Å². The van der Waals surface area contributed by atoms with Crippen LogP contribution in [-0.2, 0) is 9.59 Å². The summed E-state index contributed by atoms with van der Waals surface area (Å²) in [6.07, 6.45) is 1.34. The van der Waals surface area contributed by atoms with Crippen molar-refractivity contribution in [3.05, 3.63) is 63.6 Å². The Balaban J connectivity index is 1.36. The third-order valence-electron chi connectivity index (χ3n) is 5.16. The smallest absolute Gasteiger partial charge is 0.272 e. The van der Waals surface area contributed by atoms with E-state index in [1.165, 1.54) is 0 Å². The van der Waals surface area contributed by atoms with E-state index in [2.05, 4.69) is 31.5 Å². The molecular weight excluding hydrogens is 456 g/mol. The molecule has 1 spiro atoms. The lowest BCUT2D eigenvalue weighted by Crippen LogP contribution is -2.52. The molecule has 2 amide bonds. The van der Waals surface area contributed by atoms with Crippen molar-refractivity contribution in [3.8, 4) is 0 Å². The second kappa shape index (κ2) is 8.26. The van der Waals surface area contributed by atoms with Gasteiger partial charge in [0.25, 0.3) is 5.91 Å². The summed E-state index contributed by atoms with van der Waals surface area (Å²) in [5, 5.41) is 6.50. The standard InChI is InChI=1S/C21H20BrClN4O2/c22-15-6-4-14(5-7-15)19-20(29)26-21(25-19)8-10-27(11-9-21)13-18(28)24-17-3-1-2-16(23)12-17/h1-7,12H,8-11,13H2,(H,24,28)(H,26,29). The highest BCUT2D eigenvalue weighted by Gasteiger charge is 2.42. The summed E-state index contributed by atoms with van der Waals surface area (Å²) >= 11 is 9.36. The van der Waals surface area contributed by atoms with Gasteiger partial charge in [0, 0.05) is 46.7 Å². The maximum atomic E-state index is 12.5. The van der Waals surface area contributed by atoms with Crippen molar-refractivity contribution in [1.29, 1.82) is 0 Å².